The highest BCUT2D eigenvalue weighted by molar-refractivity contribution is 5.99. The lowest BCUT2D eigenvalue weighted by Crippen LogP contribution is -2.19. The summed E-state index contributed by atoms with van der Waals surface area (Å²) in [4.78, 5) is 11.6. The van der Waals surface area contributed by atoms with Gasteiger partial charge in [0.25, 0.3) is 0 Å². The first-order valence-corrected chi connectivity index (χ1v) is 5.15. The lowest BCUT2D eigenvalue weighted by atomic mass is 9.77. The fourth-order valence-electron chi connectivity index (χ4n) is 1.94. The van der Waals surface area contributed by atoms with Crippen molar-refractivity contribution in [2.45, 2.75) is 25.2 Å². The smallest absolute Gasteiger partial charge is 0.176 e. The lowest BCUT2D eigenvalue weighted by molar-refractivity contribution is 0.0999. The van der Waals surface area contributed by atoms with Gasteiger partial charge in [0, 0.05) is 5.56 Å². The first-order chi connectivity index (χ1) is 6.83. The molecule has 0 atom stereocenters. The van der Waals surface area contributed by atoms with Gasteiger partial charge in [-0.2, -0.15) is 0 Å². The Morgan fingerprint density at radius 3 is 2.64 bits per heavy atom. The van der Waals surface area contributed by atoms with Crippen LogP contribution in [0.5, 0.6) is 0 Å². The molecule has 0 radical (unpaired) electrons. The molecule has 2 nitrogen and oxygen atoms in total. The van der Waals surface area contributed by atoms with E-state index in [0.717, 1.165) is 5.56 Å². The molecule has 2 heteroatoms. The molecule has 0 aromatic heterocycles. The van der Waals surface area contributed by atoms with Crippen molar-refractivity contribution < 1.29 is 4.79 Å². The molecule has 0 saturated heterocycles. The van der Waals surface area contributed by atoms with E-state index in [2.05, 4.69) is 6.07 Å². The van der Waals surface area contributed by atoms with Crippen molar-refractivity contribution >= 4 is 5.78 Å². The molecule has 0 bridgehead atoms. The zero-order valence-electron chi connectivity index (χ0n) is 8.20. The number of hydrogen-bond acceptors (Lipinski definition) is 2. The van der Waals surface area contributed by atoms with Crippen LogP contribution in [0.1, 0.15) is 41.1 Å². The van der Waals surface area contributed by atoms with Crippen LogP contribution in [0.25, 0.3) is 0 Å². The maximum absolute atomic E-state index is 11.6. The van der Waals surface area contributed by atoms with Gasteiger partial charge in [-0.25, -0.2) is 0 Å². The summed E-state index contributed by atoms with van der Waals surface area (Å²) in [6.07, 6.45) is 3.72. The third kappa shape index (κ3) is 1.58. The number of hydrogen-bond donors (Lipinski definition) is 1. The van der Waals surface area contributed by atoms with Crippen molar-refractivity contribution in [2.75, 3.05) is 6.54 Å². The van der Waals surface area contributed by atoms with Gasteiger partial charge in [0.15, 0.2) is 5.78 Å². The van der Waals surface area contributed by atoms with Crippen LogP contribution in [0.2, 0.25) is 0 Å². The van der Waals surface area contributed by atoms with Crippen molar-refractivity contribution in [1.29, 1.82) is 0 Å². The highest BCUT2D eigenvalue weighted by Gasteiger charge is 2.23. The molecule has 0 spiro atoms. The summed E-state index contributed by atoms with van der Waals surface area (Å²) < 4.78 is 0. The molecule has 0 amide bonds. The molecule has 74 valence electrons. The molecular formula is C12H15NO. The van der Waals surface area contributed by atoms with Crippen LogP contribution in [0.4, 0.5) is 0 Å². The molecule has 2 N–H and O–H groups in total. The number of rotatable bonds is 3. The molecule has 1 aromatic carbocycles. The Balaban J connectivity index is 2.32. The zero-order chi connectivity index (χ0) is 9.97. The third-order valence-electron chi connectivity index (χ3n) is 2.99. The zero-order valence-corrected chi connectivity index (χ0v) is 8.20. The van der Waals surface area contributed by atoms with Gasteiger partial charge >= 0.3 is 0 Å². The van der Waals surface area contributed by atoms with E-state index in [1.54, 1.807) is 0 Å². The minimum atomic E-state index is 0.0625. The van der Waals surface area contributed by atoms with Crippen molar-refractivity contribution in [3.05, 3.63) is 35.4 Å². The van der Waals surface area contributed by atoms with Gasteiger partial charge in [0.2, 0.25) is 0 Å². The minimum absolute atomic E-state index is 0.0625. The molecule has 1 fully saturated rings. The molecule has 0 aliphatic heterocycles. The van der Waals surface area contributed by atoms with Crippen LogP contribution < -0.4 is 5.73 Å². The highest BCUT2D eigenvalue weighted by Crippen LogP contribution is 2.37. The molecule has 2 rings (SSSR count). The molecule has 1 aromatic rings. The Kier molecular flexibility index (Phi) is 2.64. The fourth-order valence-corrected chi connectivity index (χ4v) is 1.94. The van der Waals surface area contributed by atoms with Gasteiger partial charge in [-0.05, 0) is 24.3 Å². The second-order valence-electron chi connectivity index (χ2n) is 3.84. The number of ketones is 1. The third-order valence-corrected chi connectivity index (χ3v) is 2.99. The van der Waals surface area contributed by atoms with E-state index in [-0.39, 0.29) is 12.3 Å². The quantitative estimate of drug-likeness (QED) is 0.740. The molecule has 1 aliphatic rings. The van der Waals surface area contributed by atoms with Crippen LogP contribution in [0.3, 0.4) is 0 Å². The van der Waals surface area contributed by atoms with E-state index < -0.39 is 0 Å². The Morgan fingerprint density at radius 2 is 2.07 bits per heavy atom. The summed E-state index contributed by atoms with van der Waals surface area (Å²) in [7, 11) is 0. The standard InChI is InChI=1S/C12H15NO/c13-8-12(14)11-7-2-1-6-10(11)9-4-3-5-9/h1-2,6-7,9H,3-5,8,13H2. The lowest BCUT2D eigenvalue weighted by Gasteiger charge is -2.27. The summed E-state index contributed by atoms with van der Waals surface area (Å²) in [5, 5.41) is 0. The first-order valence-electron chi connectivity index (χ1n) is 5.15. The number of Topliss-reactive ketones (excluding diaryl/α,β-unsaturated/α-hetero) is 1. The highest BCUT2D eigenvalue weighted by atomic mass is 16.1. The number of nitrogens with two attached hydrogens (primary N) is 1. The van der Waals surface area contributed by atoms with Crippen LogP contribution in [-0.4, -0.2) is 12.3 Å². The van der Waals surface area contributed by atoms with Gasteiger partial charge in [0.1, 0.15) is 0 Å². The van der Waals surface area contributed by atoms with E-state index in [1.165, 1.54) is 24.8 Å². The SMILES string of the molecule is NCC(=O)c1ccccc1C1CCC1. The maximum atomic E-state index is 11.6. The van der Waals surface area contributed by atoms with E-state index in [4.69, 9.17) is 5.73 Å². The number of carbonyl (C=O) groups excluding carboxylic acids is 1. The van der Waals surface area contributed by atoms with Gasteiger partial charge in [-0.15, -0.1) is 0 Å². The van der Waals surface area contributed by atoms with E-state index >= 15 is 0 Å². The molecular weight excluding hydrogens is 174 g/mol. The molecule has 14 heavy (non-hydrogen) atoms. The van der Waals surface area contributed by atoms with Gasteiger partial charge in [-0.3, -0.25) is 4.79 Å². The summed E-state index contributed by atoms with van der Waals surface area (Å²) >= 11 is 0. The second-order valence-corrected chi connectivity index (χ2v) is 3.84. The molecule has 1 aliphatic carbocycles. The monoisotopic (exact) mass is 189 g/mol. The van der Waals surface area contributed by atoms with Crippen molar-refractivity contribution in [1.82, 2.24) is 0 Å². The van der Waals surface area contributed by atoms with Gasteiger partial charge in [0.05, 0.1) is 6.54 Å². The Hall–Kier alpha value is -1.15. The fraction of sp³-hybridized carbons (Fsp3) is 0.417. The predicted molar refractivity (Wildman–Crippen MR) is 56.4 cm³/mol. The topological polar surface area (TPSA) is 43.1 Å². The normalized spacial score (nSPS) is 16.4. The molecule has 1 saturated carbocycles. The van der Waals surface area contributed by atoms with Gasteiger partial charge in [-0.1, -0.05) is 30.7 Å². The van der Waals surface area contributed by atoms with Crippen molar-refractivity contribution in [2.24, 2.45) is 5.73 Å². The maximum Gasteiger partial charge on any atom is 0.176 e. The van der Waals surface area contributed by atoms with Crippen LogP contribution in [0, 0.1) is 0 Å². The van der Waals surface area contributed by atoms with Crippen LogP contribution in [-0.2, 0) is 0 Å². The molecule has 0 unspecified atom stereocenters. The van der Waals surface area contributed by atoms with Gasteiger partial charge < -0.3 is 5.73 Å². The average Bonchev–Trinajstić information content (AvgIpc) is 2.15. The number of benzene rings is 1. The Labute approximate surface area is 84.1 Å². The minimum Gasteiger partial charge on any atom is -0.324 e. The summed E-state index contributed by atoms with van der Waals surface area (Å²) in [6.45, 7) is 0.115. The van der Waals surface area contributed by atoms with E-state index in [0.29, 0.717) is 5.92 Å². The predicted octanol–water partition coefficient (Wildman–Crippen LogP) is 2.10. The average molecular weight is 189 g/mol. The van der Waals surface area contributed by atoms with Crippen LogP contribution in [0.15, 0.2) is 24.3 Å². The largest absolute Gasteiger partial charge is 0.324 e. The van der Waals surface area contributed by atoms with E-state index in [1.807, 2.05) is 18.2 Å². The van der Waals surface area contributed by atoms with Crippen molar-refractivity contribution in [3.8, 4) is 0 Å². The Morgan fingerprint density at radius 1 is 1.36 bits per heavy atom. The number of carbonyl (C=O) groups is 1. The Bertz CT molecular complexity index is 342. The molecule has 0 heterocycles. The van der Waals surface area contributed by atoms with Crippen LogP contribution >= 0.6 is 0 Å². The first kappa shape index (κ1) is 9.41. The summed E-state index contributed by atoms with van der Waals surface area (Å²) in [5.41, 5.74) is 7.42. The van der Waals surface area contributed by atoms with E-state index in [9.17, 15) is 4.79 Å². The second kappa shape index (κ2) is 3.93. The summed E-state index contributed by atoms with van der Waals surface area (Å²) in [6, 6.07) is 7.86. The summed E-state index contributed by atoms with van der Waals surface area (Å²) in [5.74, 6) is 0.661. The van der Waals surface area contributed by atoms with Crippen molar-refractivity contribution in [3.63, 3.8) is 0 Å².